The Hall–Kier alpha value is -0.150. The van der Waals surface area contributed by atoms with Crippen LogP contribution in [-0.4, -0.2) is 4.98 Å². The molecule has 0 fully saturated rings. The topological polar surface area (TPSA) is 12.9 Å². The van der Waals surface area contributed by atoms with Crippen molar-refractivity contribution in [3.8, 4) is 0 Å². The molecule has 0 N–H and O–H groups in total. The van der Waals surface area contributed by atoms with Crippen LogP contribution in [-0.2, 0) is 0 Å². The Morgan fingerprint density at radius 1 is 1.50 bits per heavy atom. The van der Waals surface area contributed by atoms with Crippen LogP contribution in [0.5, 0.6) is 0 Å². The molecule has 0 aromatic carbocycles. The summed E-state index contributed by atoms with van der Waals surface area (Å²) in [6, 6.07) is 0. The smallest absolute Gasteiger partial charge is 0.129 e. The van der Waals surface area contributed by atoms with Crippen LogP contribution in [0.2, 0.25) is 0 Å². The van der Waals surface area contributed by atoms with Gasteiger partial charge >= 0.3 is 0 Å². The Balaban J connectivity index is 2.24. The first-order valence-electron chi connectivity index (χ1n) is 5.10. The molecule has 78 valence electrons. The molecule has 0 amide bonds. The largest absolute Gasteiger partial charge is 0.244 e. The van der Waals surface area contributed by atoms with Gasteiger partial charge in [0.2, 0.25) is 0 Å². The Labute approximate surface area is 98.4 Å². The summed E-state index contributed by atoms with van der Waals surface area (Å²) in [5.74, 6) is 0. The molecular weight excluding hydrogens is 258 g/mol. The fourth-order valence-electron chi connectivity index (χ4n) is 1.23. The van der Waals surface area contributed by atoms with Gasteiger partial charge in [0.05, 0.1) is 0 Å². The van der Waals surface area contributed by atoms with Crippen LogP contribution < -0.4 is 0 Å². The highest BCUT2D eigenvalue weighted by Gasteiger charge is 1.98. The number of hydrogen-bond acceptors (Lipinski definition) is 2. The van der Waals surface area contributed by atoms with Gasteiger partial charge < -0.3 is 0 Å². The maximum Gasteiger partial charge on any atom is 0.129 e. The van der Waals surface area contributed by atoms with Gasteiger partial charge in [0, 0.05) is 16.1 Å². The van der Waals surface area contributed by atoms with Gasteiger partial charge in [-0.25, -0.2) is 4.98 Å². The molecule has 0 aliphatic carbocycles. The third kappa shape index (κ3) is 4.38. The molecule has 1 aromatic rings. The van der Waals surface area contributed by atoms with Gasteiger partial charge in [0.15, 0.2) is 0 Å². The Morgan fingerprint density at radius 3 is 3.00 bits per heavy atom. The van der Waals surface area contributed by atoms with Crippen molar-refractivity contribution in [1.82, 2.24) is 4.98 Å². The van der Waals surface area contributed by atoms with E-state index in [1.165, 1.54) is 25.7 Å². The summed E-state index contributed by atoms with van der Waals surface area (Å²) in [5, 5.41) is 3.09. The number of unbranched alkanes of at least 4 members (excludes halogenated alkanes) is 4. The van der Waals surface area contributed by atoms with Gasteiger partial charge in [0.1, 0.15) is 5.01 Å². The zero-order valence-corrected chi connectivity index (χ0v) is 10.9. The highest BCUT2D eigenvalue weighted by molar-refractivity contribution is 9.15. The number of nitrogens with zero attached hydrogens (tertiary/aromatic N) is 1. The molecule has 0 atom stereocenters. The van der Waals surface area contributed by atoms with E-state index in [4.69, 9.17) is 0 Å². The molecule has 1 heterocycles. The van der Waals surface area contributed by atoms with Crippen molar-refractivity contribution in [2.24, 2.45) is 0 Å². The molecule has 0 radical (unpaired) electrons. The van der Waals surface area contributed by atoms with Crippen molar-refractivity contribution in [1.29, 1.82) is 0 Å². The molecule has 1 aromatic heterocycles. The molecule has 3 heteroatoms. The van der Waals surface area contributed by atoms with Crippen LogP contribution in [0.25, 0.3) is 4.48 Å². The lowest BCUT2D eigenvalue weighted by atomic mass is 10.1. The summed E-state index contributed by atoms with van der Waals surface area (Å²) in [7, 11) is 0. The molecule has 0 aliphatic heterocycles. The Morgan fingerprint density at radius 2 is 2.36 bits per heavy atom. The number of rotatable bonds is 6. The fourth-order valence-corrected chi connectivity index (χ4v) is 2.41. The number of allylic oxidation sites excluding steroid dienone is 1. The Bertz CT molecular complexity index is 267. The first-order chi connectivity index (χ1) is 6.84. The zero-order chi connectivity index (χ0) is 10.2. The summed E-state index contributed by atoms with van der Waals surface area (Å²) < 4.78 is 1.14. The molecular formula is C11H16BrNS. The molecule has 0 spiro atoms. The highest BCUT2D eigenvalue weighted by atomic mass is 79.9. The predicted octanol–water partition coefficient (Wildman–Crippen LogP) is 4.85. The van der Waals surface area contributed by atoms with Crippen molar-refractivity contribution >= 4 is 31.7 Å². The standard InChI is InChI=1S/C11H16BrNS/c1-2-3-4-5-6-7-10(12)11-13-8-9-14-11/h7-9H,2-6H2,1H3/b10-7-. The molecule has 1 rings (SSSR count). The summed E-state index contributed by atoms with van der Waals surface area (Å²) in [5.41, 5.74) is 0. The lowest BCUT2D eigenvalue weighted by Crippen LogP contribution is -1.76. The summed E-state index contributed by atoms with van der Waals surface area (Å²) >= 11 is 5.22. The lowest BCUT2D eigenvalue weighted by molar-refractivity contribution is 0.675. The average molecular weight is 274 g/mol. The van der Waals surface area contributed by atoms with Gasteiger partial charge in [-0.2, -0.15) is 0 Å². The quantitative estimate of drug-likeness (QED) is 0.676. The van der Waals surface area contributed by atoms with Gasteiger partial charge in [-0.15, -0.1) is 11.3 Å². The van der Waals surface area contributed by atoms with Crippen molar-refractivity contribution in [2.45, 2.75) is 39.0 Å². The minimum absolute atomic E-state index is 1.08. The number of thiazole rings is 1. The van der Waals surface area contributed by atoms with E-state index in [0.29, 0.717) is 0 Å². The molecule has 14 heavy (non-hydrogen) atoms. The zero-order valence-electron chi connectivity index (χ0n) is 8.50. The summed E-state index contributed by atoms with van der Waals surface area (Å²) in [4.78, 5) is 4.23. The van der Waals surface area contributed by atoms with E-state index >= 15 is 0 Å². The molecule has 0 bridgehead atoms. The molecule has 1 nitrogen and oxygen atoms in total. The minimum atomic E-state index is 1.08. The minimum Gasteiger partial charge on any atom is -0.244 e. The number of hydrogen-bond donors (Lipinski definition) is 0. The van der Waals surface area contributed by atoms with Crippen LogP contribution in [0.15, 0.2) is 17.7 Å². The van der Waals surface area contributed by atoms with Gasteiger partial charge in [-0.05, 0) is 28.8 Å². The lowest BCUT2D eigenvalue weighted by Gasteiger charge is -1.96. The second-order valence-corrected chi connectivity index (χ2v) is 4.99. The van der Waals surface area contributed by atoms with Crippen LogP contribution in [0.1, 0.15) is 44.0 Å². The van der Waals surface area contributed by atoms with Crippen LogP contribution in [0.3, 0.4) is 0 Å². The average Bonchev–Trinajstić information content (AvgIpc) is 2.70. The molecule has 0 unspecified atom stereocenters. The van der Waals surface area contributed by atoms with E-state index in [-0.39, 0.29) is 0 Å². The van der Waals surface area contributed by atoms with Gasteiger partial charge in [-0.1, -0.05) is 32.3 Å². The first kappa shape index (κ1) is 11.9. The SMILES string of the molecule is CCCCCC/C=C(\Br)c1nccs1. The third-order valence-corrected chi connectivity index (χ3v) is 3.79. The number of aromatic nitrogens is 1. The first-order valence-corrected chi connectivity index (χ1v) is 6.77. The molecule has 0 saturated carbocycles. The van der Waals surface area contributed by atoms with E-state index in [1.807, 2.05) is 11.6 Å². The van der Waals surface area contributed by atoms with Gasteiger partial charge in [-0.3, -0.25) is 0 Å². The van der Waals surface area contributed by atoms with E-state index in [9.17, 15) is 0 Å². The highest BCUT2D eigenvalue weighted by Crippen LogP contribution is 2.23. The summed E-state index contributed by atoms with van der Waals surface area (Å²) in [6.07, 6.45) is 10.5. The van der Waals surface area contributed by atoms with Crippen molar-refractivity contribution in [2.75, 3.05) is 0 Å². The van der Waals surface area contributed by atoms with Crippen molar-refractivity contribution < 1.29 is 0 Å². The van der Waals surface area contributed by atoms with Crippen molar-refractivity contribution in [3.05, 3.63) is 22.7 Å². The maximum absolute atomic E-state index is 4.23. The fraction of sp³-hybridized carbons (Fsp3) is 0.545. The monoisotopic (exact) mass is 273 g/mol. The summed E-state index contributed by atoms with van der Waals surface area (Å²) in [6.45, 7) is 2.24. The number of halogens is 1. The molecule has 0 aliphatic rings. The molecule has 0 saturated heterocycles. The Kier molecular flexibility index (Phi) is 6.12. The van der Waals surface area contributed by atoms with E-state index < -0.39 is 0 Å². The second-order valence-electron chi connectivity index (χ2n) is 3.24. The van der Waals surface area contributed by atoms with Crippen LogP contribution in [0, 0.1) is 0 Å². The maximum atomic E-state index is 4.23. The van der Waals surface area contributed by atoms with Gasteiger partial charge in [0.25, 0.3) is 0 Å². The normalized spacial score (nSPS) is 12.0. The van der Waals surface area contributed by atoms with Crippen molar-refractivity contribution in [3.63, 3.8) is 0 Å². The van der Waals surface area contributed by atoms with E-state index in [0.717, 1.165) is 15.9 Å². The van der Waals surface area contributed by atoms with E-state index in [1.54, 1.807) is 11.3 Å². The second kappa shape index (κ2) is 7.18. The van der Waals surface area contributed by atoms with Crippen LogP contribution >= 0.6 is 27.3 Å². The van der Waals surface area contributed by atoms with E-state index in [2.05, 4.69) is 33.9 Å². The van der Waals surface area contributed by atoms with Crippen LogP contribution in [0.4, 0.5) is 0 Å². The predicted molar refractivity (Wildman–Crippen MR) is 67.8 cm³/mol. The third-order valence-electron chi connectivity index (χ3n) is 2.02.